The summed E-state index contributed by atoms with van der Waals surface area (Å²) in [7, 11) is -4.27. The van der Waals surface area contributed by atoms with Gasteiger partial charge in [0, 0.05) is 38.9 Å². The quantitative estimate of drug-likeness (QED) is 0.595. The molecule has 2 aromatic rings. The Hall–Kier alpha value is -2.80. The van der Waals surface area contributed by atoms with Crippen LogP contribution in [0.15, 0.2) is 41.4 Å². The summed E-state index contributed by atoms with van der Waals surface area (Å²) < 4.78 is 95.1. The van der Waals surface area contributed by atoms with Crippen LogP contribution >= 0.6 is 0 Å². The molecule has 2 atom stereocenters. The van der Waals surface area contributed by atoms with Crippen molar-refractivity contribution in [1.82, 2.24) is 14.6 Å². The maximum absolute atomic E-state index is 14.3. The molecule has 2 saturated heterocycles. The molecule has 1 aromatic heterocycles. The predicted octanol–water partition coefficient (Wildman–Crippen LogP) is 3.01. The van der Waals surface area contributed by atoms with E-state index in [-0.39, 0.29) is 42.3 Å². The van der Waals surface area contributed by atoms with E-state index in [4.69, 9.17) is 0 Å². The topological polar surface area (TPSA) is 82.6 Å². The third kappa shape index (κ3) is 5.56. The lowest BCUT2D eigenvalue weighted by molar-refractivity contribution is -0.124. The van der Waals surface area contributed by atoms with Gasteiger partial charge in [-0.15, -0.1) is 0 Å². The van der Waals surface area contributed by atoms with E-state index in [0.717, 1.165) is 34.8 Å². The Balaban J connectivity index is 1.45. The number of hydrogen-bond donors (Lipinski definition) is 1. The second-order valence-corrected chi connectivity index (χ2v) is 10.5. The average molecular weight is 519 g/mol. The van der Waals surface area contributed by atoms with Gasteiger partial charge in [-0.3, -0.25) is 9.78 Å². The highest BCUT2D eigenvalue weighted by atomic mass is 32.2. The molecule has 35 heavy (non-hydrogen) atoms. The Morgan fingerprint density at radius 1 is 1.14 bits per heavy atom. The Morgan fingerprint density at radius 2 is 1.80 bits per heavy atom. The van der Waals surface area contributed by atoms with E-state index in [0.29, 0.717) is 0 Å². The fourth-order valence-electron chi connectivity index (χ4n) is 4.18. The molecule has 2 aliphatic rings. The van der Waals surface area contributed by atoms with Gasteiger partial charge >= 0.3 is 0 Å². The van der Waals surface area contributed by atoms with Gasteiger partial charge in [0.2, 0.25) is 15.9 Å². The van der Waals surface area contributed by atoms with Gasteiger partial charge < -0.3 is 10.2 Å². The van der Waals surface area contributed by atoms with Gasteiger partial charge in [-0.1, -0.05) is 0 Å². The maximum Gasteiger partial charge on any atom is 0.251 e. The van der Waals surface area contributed by atoms with Crippen molar-refractivity contribution in [2.24, 2.45) is 0 Å². The molecule has 1 amide bonds. The standard InChI is InChI=1S/C22H23F5N4O3S/c23-14-1-3-17(4-2-14)35(33,34)31-13-15(24)9-20(31)21(32)29-11-16-10-19(18(25)12-28-16)30-7-5-22(26,27)6-8-30/h1-4,10,12,15,20H,5-9,11,13H2,(H,29,32)/t15-,20-/m1/s1. The largest absolute Gasteiger partial charge is 0.369 e. The summed E-state index contributed by atoms with van der Waals surface area (Å²) in [6, 6.07) is 3.96. The number of halogens is 5. The van der Waals surface area contributed by atoms with Gasteiger partial charge in [-0.25, -0.2) is 30.4 Å². The summed E-state index contributed by atoms with van der Waals surface area (Å²) in [6.45, 7) is -0.837. The van der Waals surface area contributed by atoms with Crippen LogP contribution in [0.25, 0.3) is 0 Å². The van der Waals surface area contributed by atoms with Crippen LogP contribution in [0, 0.1) is 11.6 Å². The maximum atomic E-state index is 14.3. The van der Waals surface area contributed by atoms with Crippen LogP contribution in [-0.2, 0) is 21.4 Å². The fourth-order valence-corrected chi connectivity index (χ4v) is 5.81. The lowest BCUT2D eigenvalue weighted by Crippen LogP contribution is -2.45. The normalized spacial score (nSPS) is 22.8. The molecule has 0 saturated carbocycles. The molecule has 0 bridgehead atoms. The van der Waals surface area contributed by atoms with Gasteiger partial charge in [-0.2, -0.15) is 4.31 Å². The van der Waals surface area contributed by atoms with Crippen LogP contribution in [0.4, 0.5) is 27.6 Å². The summed E-state index contributed by atoms with van der Waals surface area (Å²) in [5, 5.41) is 2.49. The van der Waals surface area contributed by atoms with Crippen molar-refractivity contribution in [3.8, 4) is 0 Å². The first-order valence-electron chi connectivity index (χ1n) is 10.9. The van der Waals surface area contributed by atoms with Gasteiger partial charge in [-0.05, 0) is 30.3 Å². The Morgan fingerprint density at radius 3 is 2.46 bits per heavy atom. The number of alkyl halides is 3. The van der Waals surface area contributed by atoms with Crippen molar-refractivity contribution in [1.29, 1.82) is 0 Å². The zero-order chi connectivity index (χ0) is 25.4. The zero-order valence-electron chi connectivity index (χ0n) is 18.4. The molecule has 0 aliphatic carbocycles. The summed E-state index contributed by atoms with van der Waals surface area (Å²) >= 11 is 0. The minimum Gasteiger partial charge on any atom is -0.369 e. The number of amides is 1. The highest BCUT2D eigenvalue weighted by Crippen LogP contribution is 2.32. The molecule has 7 nitrogen and oxygen atoms in total. The van der Waals surface area contributed by atoms with Crippen LogP contribution in [0.1, 0.15) is 25.0 Å². The number of benzene rings is 1. The van der Waals surface area contributed by atoms with E-state index in [9.17, 15) is 35.2 Å². The van der Waals surface area contributed by atoms with Gasteiger partial charge in [0.1, 0.15) is 18.0 Å². The number of nitrogens with one attached hydrogen (secondary N) is 1. The van der Waals surface area contributed by atoms with Crippen molar-refractivity contribution >= 4 is 21.6 Å². The van der Waals surface area contributed by atoms with E-state index < -0.39 is 65.1 Å². The first kappa shape index (κ1) is 25.3. The Bertz CT molecular complexity index is 1190. The molecule has 190 valence electrons. The van der Waals surface area contributed by atoms with E-state index in [1.165, 1.54) is 11.0 Å². The summed E-state index contributed by atoms with van der Waals surface area (Å²) in [5.74, 6) is -4.92. The van der Waals surface area contributed by atoms with E-state index in [2.05, 4.69) is 10.3 Å². The number of hydrogen-bond acceptors (Lipinski definition) is 5. The molecule has 4 rings (SSSR count). The smallest absolute Gasteiger partial charge is 0.251 e. The first-order chi connectivity index (χ1) is 16.5. The molecule has 0 radical (unpaired) electrons. The number of sulfonamides is 1. The van der Waals surface area contributed by atoms with Gasteiger partial charge in [0.25, 0.3) is 5.92 Å². The van der Waals surface area contributed by atoms with E-state index >= 15 is 0 Å². The van der Waals surface area contributed by atoms with Crippen LogP contribution < -0.4 is 10.2 Å². The highest BCUT2D eigenvalue weighted by molar-refractivity contribution is 7.89. The number of piperidine rings is 1. The van der Waals surface area contributed by atoms with Crippen molar-refractivity contribution < 1.29 is 35.2 Å². The molecule has 1 N–H and O–H groups in total. The third-order valence-corrected chi connectivity index (χ3v) is 7.99. The Labute approximate surface area is 199 Å². The molecule has 13 heteroatoms. The molecular formula is C22H23F5N4O3S. The van der Waals surface area contributed by atoms with Crippen LogP contribution in [0.2, 0.25) is 0 Å². The van der Waals surface area contributed by atoms with Crippen LogP contribution in [0.5, 0.6) is 0 Å². The molecule has 1 aromatic carbocycles. The summed E-state index contributed by atoms with van der Waals surface area (Å²) in [4.78, 5) is 17.9. The van der Waals surface area contributed by atoms with E-state index in [1.807, 2.05) is 0 Å². The average Bonchev–Trinajstić information content (AvgIpc) is 3.21. The van der Waals surface area contributed by atoms with Crippen LogP contribution in [-0.4, -0.2) is 61.4 Å². The first-order valence-corrected chi connectivity index (χ1v) is 12.4. The zero-order valence-corrected chi connectivity index (χ0v) is 19.2. The van der Waals surface area contributed by atoms with Crippen molar-refractivity contribution in [3.63, 3.8) is 0 Å². The third-order valence-electron chi connectivity index (χ3n) is 6.10. The van der Waals surface area contributed by atoms with E-state index in [1.54, 1.807) is 0 Å². The monoisotopic (exact) mass is 518 g/mol. The number of rotatable bonds is 6. The highest BCUT2D eigenvalue weighted by Gasteiger charge is 2.44. The Kier molecular flexibility index (Phi) is 7.00. The number of pyridine rings is 1. The number of carbonyl (C=O) groups is 1. The number of nitrogens with zero attached hydrogens (tertiary/aromatic N) is 3. The molecule has 0 unspecified atom stereocenters. The molecule has 0 spiro atoms. The second kappa shape index (κ2) is 9.69. The molecular weight excluding hydrogens is 495 g/mol. The predicted molar refractivity (Wildman–Crippen MR) is 116 cm³/mol. The van der Waals surface area contributed by atoms with Gasteiger partial charge in [0.05, 0.1) is 29.0 Å². The minimum atomic E-state index is -4.27. The van der Waals surface area contributed by atoms with Gasteiger partial charge in [0.15, 0.2) is 5.82 Å². The SMILES string of the molecule is O=C(NCc1cc(N2CCC(F)(F)CC2)c(F)cn1)[C@H]1C[C@@H](F)CN1S(=O)(=O)c1ccc(F)cc1. The lowest BCUT2D eigenvalue weighted by Gasteiger charge is -2.33. The molecule has 2 aliphatic heterocycles. The number of carbonyl (C=O) groups excluding carboxylic acids is 1. The second-order valence-electron chi connectivity index (χ2n) is 8.57. The molecule has 2 fully saturated rings. The van der Waals surface area contributed by atoms with Crippen molar-refractivity contribution in [3.05, 3.63) is 53.9 Å². The fraction of sp³-hybridized carbons (Fsp3) is 0.455. The lowest BCUT2D eigenvalue weighted by atomic mass is 10.1. The summed E-state index contributed by atoms with van der Waals surface area (Å²) in [5.41, 5.74) is 0.291. The van der Waals surface area contributed by atoms with Crippen LogP contribution in [0.3, 0.4) is 0 Å². The van der Waals surface area contributed by atoms with Crippen molar-refractivity contribution in [2.75, 3.05) is 24.5 Å². The molecule has 3 heterocycles. The van der Waals surface area contributed by atoms with Crippen molar-refractivity contribution in [2.45, 2.75) is 48.8 Å². The number of anilines is 1. The minimum absolute atomic E-state index is 0.0457. The summed E-state index contributed by atoms with van der Waals surface area (Å²) in [6.07, 6.45) is -1.84. The number of aromatic nitrogens is 1.